The average molecular weight is 315 g/mol. The molecule has 0 saturated carbocycles. The summed E-state index contributed by atoms with van der Waals surface area (Å²) in [6.45, 7) is 2.82. The van der Waals surface area contributed by atoms with E-state index >= 15 is 0 Å². The molecule has 3 aromatic carbocycles. The van der Waals surface area contributed by atoms with Crippen molar-refractivity contribution in [2.24, 2.45) is 0 Å². The SMILES string of the molecule is Cc1ccc2c(c1)c1ccccc1n2Cc1ccc(C(=O)O)cc1. The van der Waals surface area contributed by atoms with Crippen LogP contribution in [0, 0.1) is 6.92 Å². The normalized spacial score (nSPS) is 11.2. The van der Waals surface area contributed by atoms with E-state index in [0.29, 0.717) is 12.1 Å². The minimum atomic E-state index is -0.895. The predicted molar refractivity (Wildman–Crippen MR) is 96.7 cm³/mol. The molecule has 4 rings (SSSR count). The maximum absolute atomic E-state index is 11.0. The fourth-order valence-electron chi connectivity index (χ4n) is 3.27. The van der Waals surface area contributed by atoms with E-state index in [-0.39, 0.29) is 0 Å². The third-order valence-electron chi connectivity index (χ3n) is 4.47. The van der Waals surface area contributed by atoms with Crippen molar-refractivity contribution in [1.29, 1.82) is 0 Å². The van der Waals surface area contributed by atoms with Gasteiger partial charge in [0.2, 0.25) is 0 Å². The molecule has 3 heteroatoms. The summed E-state index contributed by atoms with van der Waals surface area (Å²) < 4.78 is 2.29. The number of hydrogen-bond acceptors (Lipinski definition) is 1. The van der Waals surface area contributed by atoms with E-state index in [4.69, 9.17) is 5.11 Å². The molecule has 0 aliphatic carbocycles. The van der Waals surface area contributed by atoms with Crippen LogP contribution in [0.3, 0.4) is 0 Å². The summed E-state index contributed by atoms with van der Waals surface area (Å²) in [5.41, 5.74) is 5.04. The van der Waals surface area contributed by atoms with Crippen molar-refractivity contribution in [3.05, 3.63) is 83.4 Å². The smallest absolute Gasteiger partial charge is 0.335 e. The molecule has 0 radical (unpaired) electrons. The fraction of sp³-hybridized carbons (Fsp3) is 0.0952. The lowest BCUT2D eigenvalue weighted by molar-refractivity contribution is 0.0697. The van der Waals surface area contributed by atoms with E-state index in [0.717, 1.165) is 5.56 Å². The highest BCUT2D eigenvalue weighted by atomic mass is 16.4. The third-order valence-corrected chi connectivity index (χ3v) is 4.47. The first kappa shape index (κ1) is 14.5. The molecule has 0 bridgehead atoms. The maximum atomic E-state index is 11.0. The lowest BCUT2D eigenvalue weighted by Crippen LogP contribution is -2.01. The summed E-state index contributed by atoms with van der Waals surface area (Å²) in [5, 5.41) is 11.5. The summed E-state index contributed by atoms with van der Waals surface area (Å²) in [7, 11) is 0. The lowest BCUT2D eigenvalue weighted by Gasteiger charge is -2.08. The van der Waals surface area contributed by atoms with Gasteiger partial charge in [0.15, 0.2) is 0 Å². The topological polar surface area (TPSA) is 42.2 Å². The highest BCUT2D eigenvalue weighted by Crippen LogP contribution is 2.30. The van der Waals surface area contributed by atoms with Gasteiger partial charge in [0.25, 0.3) is 0 Å². The van der Waals surface area contributed by atoms with Crippen LogP contribution in [0.4, 0.5) is 0 Å². The first-order valence-electron chi connectivity index (χ1n) is 7.93. The molecule has 0 spiro atoms. The number of carbonyl (C=O) groups is 1. The summed E-state index contributed by atoms with van der Waals surface area (Å²) in [6, 6.07) is 22.0. The van der Waals surface area contributed by atoms with Crippen LogP contribution in [0.5, 0.6) is 0 Å². The van der Waals surface area contributed by atoms with Crippen LogP contribution in [-0.4, -0.2) is 15.6 Å². The van der Waals surface area contributed by atoms with E-state index < -0.39 is 5.97 Å². The largest absolute Gasteiger partial charge is 0.478 e. The Labute approximate surface area is 139 Å². The number of para-hydroxylation sites is 1. The molecular weight excluding hydrogens is 298 g/mol. The van der Waals surface area contributed by atoms with Crippen LogP contribution in [0.1, 0.15) is 21.5 Å². The lowest BCUT2D eigenvalue weighted by atomic mass is 10.1. The van der Waals surface area contributed by atoms with Gasteiger partial charge in [0.1, 0.15) is 0 Å². The molecule has 0 unspecified atom stereocenters. The van der Waals surface area contributed by atoms with Gasteiger partial charge in [-0.2, -0.15) is 0 Å². The van der Waals surface area contributed by atoms with Gasteiger partial charge in [-0.15, -0.1) is 0 Å². The molecule has 4 aromatic rings. The van der Waals surface area contributed by atoms with Crippen LogP contribution >= 0.6 is 0 Å². The van der Waals surface area contributed by atoms with Crippen molar-refractivity contribution < 1.29 is 9.90 Å². The van der Waals surface area contributed by atoms with Crippen LogP contribution in [-0.2, 0) is 6.54 Å². The Balaban J connectivity index is 1.87. The van der Waals surface area contributed by atoms with Crippen molar-refractivity contribution in [1.82, 2.24) is 4.57 Å². The average Bonchev–Trinajstić information content (AvgIpc) is 2.89. The molecule has 1 N–H and O–H groups in total. The van der Waals surface area contributed by atoms with Crippen molar-refractivity contribution in [2.75, 3.05) is 0 Å². The fourth-order valence-corrected chi connectivity index (χ4v) is 3.27. The molecule has 24 heavy (non-hydrogen) atoms. The first-order valence-corrected chi connectivity index (χ1v) is 7.93. The Kier molecular flexibility index (Phi) is 3.35. The van der Waals surface area contributed by atoms with Crippen LogP contribution in [0.25, 0.3) is 21.8 Å². The molecule has 118 valence electrons. The van der Waals surface area contributed by atoms with Gasteiger partial charge in [0.05, 0.1) is 5.56 Å². The second-order valence-corrected chi connectivity index (χ2v) is 6.13. The number of rotatable bonds is 3. The highest BCUT2D eigenvalue weighted by Gasteiger charge is 2.11. The first-order chi connectivity index (χ1) is 11.6. The highest BCUT2D eigenvalue weighted by molar-refractivity contribution is 6.08. The van der Waals surface area contributed by atoms with E-state index in [1.165, 1.54) is 27.4 Å². The number of nitrogens with zero attached hydrogens (tertiary/aromatic N) is 1. The van der Waals surface area contributed by atoms with Gasteiger partial charge in [-0.05, 0) is 42.8 Å². The number of carboxylic acids is 1. The van der Waals surface area contributed by atoms with Crippen molar-refractivity contribution in [3.63, 3.8) is 0 Å². The monoisotopic (exact) mass is 315 g/mol. The summed E-state index contributed by atoms with van der Waals surface area (Å²) >= 11 is 0. The van der Waals surface area contributed by atoms with Gasteiger partial charge >= 0.3 is 5.97 Å². The molecule has 0 atom stereocenters. The van der Waals surface area contributed by atoms with Gasteiger partial charge in [-0.3, -0.25) is 0 Å². The Hall–Kier alpha value is -3.07. The van der Waals surface area contributed by atoms with Gasteiger partial charge in [-0.1, -0.05) is 42.0 Å². The molecule has 0 fully saturated rings. The van der Waals surface area contributed by atoms with Gasteiger partial charge in [0, 0.05) is 28.4 Å². The Morgan fingerprint density at radius 2 is 1.62 bits per heavy atom. The minimum Gasteiger partial charge on any atom is -0.478 e. The maximum Gasteiger partial charge on any atom is 0.335 e. The number of benzene rings is 3. The number of aromatic carboxylic acids is 1. The standard InChI is InChI=1S/C21H17NO2/c1-14-6-11-20-18(12-14)17-4-2-3-5-19(17)22(20)13-15-7-9-16(10-8-15)21(23)24/h2-12H,13H2,1H3,(H,23,24). The molecule has 0 amide bonds. The zero-order valence-electron chi connectivity index (χ0n) is 13.4. The van der Waals surface area contributed by atoms with Crippen molar-refractivity contribution in [2.45, 2.75) is 13.5 Å². The molecule has 0 aliphatic heterocycles. The Bertz CT molecular complexity index is 1060. The van der Waals surface area contributed by atoms with E-state index in [1.54, 1.807) is 12.1 Å². The molecule has 0 saturated heterocycles. The van der Waals surface area contributed by atoms with Crippen LogP contribution in [0.15, 0.2) is 66.7 Å². The number of fused-ring (bicyclic) bond motifs is 3. The van der Waals surface area contributed by atoms with Crippen LogP contribution < -0.4 is 0 Å². The number of aromatic nitrogens is 1. The van der Waals surface area contributed by atoms with Gasteiger partial charge < -0.3 is 9.67 Å². The second kappa shape index (κ2) is 5.53. The van der Waals surface area contributed by atoms with Crippen molar-refractivity contribution >= 4 is 27.8 Å². The second-order valence-electron chi connectivity index (χ2n) is 6.13. The van der Waals surface area contributed by atoms with Crippen LogP contribution in [0.2, 0.25) is 0 Å². The summed E-state index contributed by atoms with van der Waals surface area (Å²) in [5.74, 6) is -0.895. The molecular formula is C21H17NO2. The Morgan fingerprint density at radius 3 is 2.38 bits per heavy atom. The number of aryl methyl sites for hydroxylation is 1. The molecule has 3 nitrogen and oxygen atoms in total. The molecule has 0 aliphatic rings. The van der Waals surface area contributed by atoms with Crippen molar-refractivity contribution in [3.8, 4) is 0 Å². The summed E-state index contributed by atoms with van der Waals surface area (Å²) in [6.07, 6.45) is 0. The predicted octanol–water partition coefficient (Wildman–Crippen LogP) is 4.85. The number of hydrogen-bond donors (Lipinski definition) is 1. The molecule has 1 aromatic heterocycles. The number of carboxylic acid groups (broad SMARTS) is 1. The zero-order valence-corrected chi connectivity index (χ0v) is 13.4. The van der Waals surface area contributed by atoms with E-state index in [1.807, 2.05) is 12.1 Å². The Morgan fingerprint density at radius 1 is 0.917 bits per heavy atom. The third kappa shape index (κ3) is 2.35. The molecule has 1 heterocycles. The quantitative estimate of drug-likeness (QED) is 0.587. The zero-order chi connectivity index (χ0) is 16.7. The van der Waals surface area contributed by atoms with E-state index in [9.17, 15) is 4.79 Å². The van der Waals surface area contributed by atoms with E-state index in [2.05, 4.69) is 54.0 Å². The summed E-state index contributed by atoms with van der Waals surface area (Å²) in [4.78, 5) is 11.0. The van der Waals surface area contributed by atoms with Gasteiger partial charge in [-0.25, -0.2) is 4.79 Å². The minimum absolute atomic E-state index is 0.316.